The molecular weight excluding hydrogens is 358 g/mol. The van der Waals surface area contributed by atoms with Crippen molar-refractivity contribution in [3.8, 4) is 0 Å². The van der Waals surface area contributed by atoms with Gasteiger partial charge in [0.05, 0.1) is 18.7 Å². The van der Waals surface area contributed by atoms with E-state index in [0.717, 1.165) is 37.8 Å². The van der Waals surface area contributed by atoms with Gasteiger partial charge in [-0.2, -0.15) is 0 Å². The maximum absolute atomic E-state index is 12.0. The average Bonchev–Trinajstić information content (AvgIpc) is 3.15. The molecule has 152 valence electrons. The Balaban J connectivity index is 1.88. The van der Waals surface area contributed by atoms with Crippen LogP contribution in [0.15, 0.2) is 41.0 Å². The highest BCUT2D eigenvalue weighted by Crippen LogP contribution is 2.18. The molecule has 2 aromatic rings. The molecule has 0 aliphatic heterocycles. The zero-order chi connectivity index (χ0) is 20.2. The van der Waals surface area contributed by atoms with Gasteiger partial charge in [0.1, 0.15) is 12.3 Å². The first-order chi connectivity index (χ1) is 13.6. The Bertz CT molecular complexity index is 730. The third-order valence-corrected chi connectivity index (χ3v) is 4.31. The molecule has 7 heteroatoms. The molecule has 3 N–H and O–H groups in total. The first-order valence-corrected chi connectivity index (χ1v) is 9.78. The zero-order valence-electron chi connectivity index (χ0n) is 16.4. The van der Waals surface area contributed by atoms with E-state index >= 15 is 0 Å². The number of alkyl carbamates (subject to hydrolysis) is 1. The minimum atomic E-state index is -0.744. The molecule has 0 aliphatic rings. The summed E-state index contributed by atoms with van der Waals surface area (Å²) in [7, 11) is 0. The standard InChI is InChI=1S/C21H29N3O4/c1-2-3-4-8-13-27-21(26)24-18(14-19(22)25)20-23-17(15-28-20)12-11-16-9-6-5-7-10-16/h5-7,9-10,15,18H,2-4,8,11-14H2,1H3,(H2,22,25)(H,24,26)/t18-/m1/s1. The largest absolute Gasteiger partial charge is 0.450 e. The SMILES string of the molecule is CCCCCCOC(=O)N[C@H](CC(N)=O)c1nc(CCc2ccccc2)co1. The van der Waals surface area contributed by atoms with Crippen LogP contribution in [0, 0.1) is 0 Å². The second kappa shape index (κ2) is 11.8. The van der Waals surface area contributed by atoms with Gasteiger partial charge in [0.15, 0.2) is 0 Å². The molecule has 2 amide bonds. The van der Waals surface area contributed by atoms with Crippen LogP contribution in [-0.4, -0.2) is 23.6 Å². The first kappa shape index (κ1) is 21.5. The van der Waals surface area contributed by atoms with E-state index in [2.05, 4.69) is 29.4 Å². The van der Waals surface area contributed by atoms with Gasteiger partial charge in [-0.15, -0.1) is 0 Å². The maximum Gasteiger partial charge on any atom is 0.407 e. The van der Waals surface area contributed by atoms with Crippen molar-refractivity contribution < 1.29 is 18.7 Å². The summed E-state index contributed by atoms with van der Waals surface area (Å²) in [6.45, 7) is 2.45. The highest BCUT2D eigenvalue weighted by atomic mass is 16.5. The summed E-state index contributed by atoms with van der Waals surface area (Å²) < 4.78 is 10.6. The van der Waals surface area contributed by atoms with Gasteiger partial charge in [-0.25, -0.2) is 9.78 Å². The third kappa shape index (κ3) is 7.82. The number of amides is 2. The number of nitrogens with zero attached hydrogens (tertiary/aromatic N) is 1. The lowest BCUT2D eigenvalue weighted by Crippen LogP contribution is -2.32. The summed E-state index contributed by atoms with van der Waals surface area (Å²) in [6, 6.07) is 9.31. The normalized spacial score (nSPS) is 11.8. The number of unbranched alkanes of at least 4 members (excludes halogenated alkanes) is 3. The predicted molar refractivity (Wildman–Crippen MR) is 106 cm³/mol. The Kier molecular flexibility index (Phi) is 9.04. The van der Waals surface area contributed by atoms with Crippen LogP contribution in [0.4, 0.5) is 4.79 Å². The molecule has 0 saturated carbocycles. The van der Waals surface area contributed by atoms with Gasteiger partial charge in [0.25, 0.3) is 0 Å². The molecule has 0 bridgehead atoms. The van der Waals surface area contributed by atoms with E-state index in [1.54, 1.807) is 6.26 Å². The van der Waals surface area contributed by atoms with Crippen LogP contribution in [0.1, 0.15) is 62.2 Å². The lowest BCUT2D eigenvalue weighted by Gasteiger charge is -2.14. The van der Waals surface area contributed by atoms with Crippen LogP contribution in [0.5, 0.6) is 0 Å². The number of carbonyl (C=O) groups is 2. The van der Waals surface area contributed by atoms with E-state index in [4.69, 9.17) is 14.9 Å². The topological polar surface area (TPSA) is 107 Å². The summed E-state index contributed by atoms with van der Waals surface area (Å²) in [5.74, 6) is -0.304. The molecule has 7 nitrogen and oxygen atoms in total. The van der Waals surface area contributed by atoms with Gasteiger partial charge in [0, 0.05) is 0 Å². The summed E-state index contributed by atoms with van der Waals surface area (Å²) in [5, 5.41) is 2.62. The van der Waals surface area contributed by atoms with Crippen LogP contribution < -0.4 is 11.1 Å². The fourth-order valence-electron chi connectivity index (χ4n) is 2.79. The van der Waals surface area contributed by atoms with Gasteiger partial charge in [-0.1, -0.05) is 56.5 Å². The number of primary amides is 1. The van der Waals surface area contributed by atoms with Gasteiger partial charge in [0.2, 0.25) is 11.8 Å². The summed E-state index contributed by atoms with van der Waals surface area (Å²) >= 11 is 0. The highest BCUT2D eigenvalue weighted by Gasteiger charge is 2.23. The molecule has 1 aromatic carbocycles. The second-order valence-corrected chi connectivity index (χ2v) is 6.73. The van der Waals surface area contributed by atoms with E-state index < -0.39 is 18.0 Å². The molecule has 0 fully saturated rings. The minimum Gasteiger partial charge on any atom is -0.450 e. The molecule has 1 heterocycles. The molecule has 1 aromatic heterocycles. The Morgan fingerprint density at radius 3 is 2.68 bits per heavy atom. The van der Waals surface area contributed by atoms with Crippen LogP contribution in [-0.2, 0) is 22.4 Å². The highest BCUT2D eigenvalue weighted by molar-refractivity contribution is 5.76. The number of nitrogens with two attached hydrogens (primary N) is 1. The lowest BCUT2D eigenvalue weighted by atomic mass is 10.1. The number of aromatic nitrogens is 1. The Labute approximate surface area is 165 Å². The van der Waals surface area contributed by atoms with Gasteiger partial charge in [-0.3, -0.25) is 4.79 Å². The number of hydrogen-bond donors (Lipinski definition) is 2. The monoisotopic (exact) mass is 387 g/mol. The van der Waals surface area contributed by atoms with Gasteiger partial charge < -0.3 is 20.2 Å². The smallest absolute Gasteiger partial charge is 0.407 e. The van der Waals surface area contributed by atoms with Gasteiger partial charge in [-0.05, 0) is 24.8 Å². The number of hydrogen-bond acceptors (Lipinski definition) is 5. The molecule has 1 atom stereocenters. The van der Waals surface area contributed by atoms with E-state index in [1.807, 2.05) is 18.2 Å². The van der Waals surface area contributed by atoms with E-state index in [1.165, 1.54) is 5.56 Å². The third-order valence-electron chi connectivity index (χ3n) is 4.31. The van der Waals surface area contributed by atoms with Crippen molar-refractivity contribution in [2.45, 2.75) is 57.9 Å². The zero-order valence-corrected chi connectivity index (χ0v) is 16.4. The van der Waals surface area contributed by atoms with Crippen LogP contribution in [0.3, 0.4) is 0 Å². The maximum atomic E-state index is 12.0. The Morgan fingerprint density at radius 2 is 1.96 bits per heavy atom. The summed E-state index contributed by atoms with van der Waals surface area (Å²) in [4.78, 5) is 27.8. The van der Waals surface area contributed by atoms with E-state index in [-0.39, 0.29) is 12.3 Å². The van der Waals surface area contributed by atoms with Crippen molar-refractivity contribution in [1.29, 1.82) is 0 Å². The summed E-state index contributed by atoms with van der Waals surface area (Å²) in [6.07, 6.45) is 6.39. The predicted octanol–water partition coefficient (Wildman–Crippen LogP) is 3.68. The fraction of sp³-hybridized carbons (Fsp3) is 0.476. The van der Waals surface area contributed by atoms with Crippen LogP contribution in [0.2, 0.25) is 0 Å². The molecule has 0 unspecified atom stereocenters. The lowest BCUT2D eigenvalue weighted by molar-refractivity contribution is -0.118. The molecule has 0 aliphatic carbocycles. The Morgan fingerprint density at radius 1 is 1.18 bits per heavy atom. The fourth-order valence-corrected chi connectivity index (χ4v) is 2.79. The van der Waals surface area contributed by atoms with Gasteiger partial charge >= 0.3 is 6.09 Å². The number of aryl methyl sites for hydroxylation is 2. The number of ether oxygens (including phenoxy) is 1. The number of benzene rings is 1. The average molecular weight is 387 g/mol. The minimum absolute atomic E-state index is 0.108. The quantitative estimate of drug-likeness (QED) is 0.540. The van der Waals surface area contributed by atoms with E-state index in [9.17, 15) is 9.59 Å². The van der Waals surface area contributed by atoms with Crippen molar-refractivity contribution in [2.75, 3.05) is 6.61 Å². The first-order valence-electron chi connectivity index (χ1n) is 9.78. The number of rotatable bonds is 12. The molecule has 0 saturated heterocycles. The van der Waals surface area contributed by atoms with Crippen molar-refractivity contribution in [1.82, 2.24) is 10.3 Å². The second-order valence-electron chi connectivity index (χ2n) is 6.73. The molecular formula is C21H29N3O4. The van der Waals surface area contributed by atoms with Crippen LogP contribution in [0.25, 0.3) is 0 Å². The van der Waals surface area contributed by atoms with Crippen molar-refractivity contribution in [3.05, 3.63) is 53.7 Å². The Hall–Kier alpha value is -2.83. The molecule has 2 rings (SSSR count). The van der Waals surface area contributed by atoms with Crippen molar-refractivity contribution in [2.24, 2.45) is 5.73 Å². The van der Waals surface area contributed by atoms with Crippen LogP contribution >= 0.6 is 0 Å². The molecule has 0 spiro atoms. The van der Waals surface area contributed by atoms with Crippen molar-refractivity contribution in [3.63, 3.8) is 0 Å². The van der Waals surface area contributed by atoms with Crippen molar-refractivity contribution >= 4 is 12.0 Å². The number of oxazole rings is 1. The summed E-state index contributed by atoms with van der Waals surface area (Å²) in [5.41, 5.74) is 7.25. The molecule has 0 radical (unpaired) electrons. The number of carbonyl (C=O) groups excluding carboxylic acids is 2. The molecule has 28 heavy (non-hydrogen) atoms. The number of nitrogens with one attached hydrogen (secondary N) is 1. The van der Waals surface area contributed by atoms with E-state index in [0.29, 0.717) is 13.0 Å².